The predicted molar refractivity (Wildman–Crippen MR) is 79.9 cm³/mol. The molecule has 21 heavy (non-hydrogen) atoms. The van der Waals surface area contributed by atoms with Gasteiger partial charge in [-0.15, -0.1) is 0 Å². The Bertz CT molecular complexity index is 530. The lowest BCUT2D eigenvalue weighted by atomic mass is 10.00. The molecule has 1 N–H and O–H groups in total. The standard InChI is InChI=1S/C16H22N2O3/c1-12(16(20)21)9-17(2)11-15(19)18-8-7-13-5-3-4-6-14(13)10-18/h3-6,12H,7-11H2,1-2H3,(H,20,21). The fourth-order valence-electron chi connectivity index (χ4n) is 2.65. The van der Waals surface area contributed by atoms with Crippen molar-refractivity contribution in [1.82, 2.24) is 9.80 Å². The van der Waals surface area contributed by atoms with Gasteiger partial charge in [-0.25, -0.2) is 0 Å². The molecule has 1 heterocycles. The quantitative estimate of drug-likeness (QED) is 0.886. The highest BCUT2D eigenvalue weighted by Crippen LogP contribution is 2.18. The monoisotopic (exact) mass is 290 g/mol. The fourth-order valence-corrected chi connectivity index (χ4v) is 2.65. The fraction of sp³-hybridized carbons (Fsp3) is 0.500. The zero-order valence-electron chi connectivity index (χ0n) is 12.6. The van der Waals surface area contributed by atoms with Crippen LogP contribution < -0.4 is 0 Å². The average molecular weight is 290 g/mol. The Balaban J connectivity index is 1.89. The molecule has 1 aliphatic rings. The van der Waals surface area contributed by atoms with Gasteiger partial charge in [0.1, 0.15) is 0 Å². The highest BCUT2D eigenvalue weighted by Gasteiger charge is 2.22. The van der Waals surface area contributed by atoms with E-state index in [1.165, 1.54) is 11.1 Å². The molecule has 0 bridgehead atoms. The Morgan fingerprint density at radius 2 is 2.00 bits per heavy atom. The van der Waals surface area contributed by atoms with Crippen molar-refractivity contribution in [3.63, 3.8) is 0 Å². The van der Waals surface area contributed by atoms with Gasteiger partial charge in [0, 0.05) is 19.6 Å². The van der Waals surface area contributed by atoms with Crippen molar-refractivity contribution in [2.75, 3.05) is 26.7 Å². The molecule has 5 heteroatoms. The Morgan fingerprint density at radius 3 is 2.67 bits per heavy atom. The highest BCUT2D eigenvalue weighted by atomic mass is 16.4. The maximum atomic E-state index is 12.3. The summed E-state index contributed by atoms with van der Waals surface area (Å²) in [5.74, 6) is -1.24. The molecule has 114 valence electrons. The molecule has 0 spiro atoms. The van der Waals surface area contributed by atoms with Crippen LogP contribution in [-0.2, 0) is 22.6 Å². The molecule has 0 aromatic heterocycles. The number of fused-ring (bicyclic) bond motifs is 1. The van der Waals surface area contributed by atoms with Gasteiger partial charge in [-0.05, 0) is 24.6 Å². The van der Waals surface area contributed by atoms with Gasteiger partial charge in [0.05, 0.1) is 12.5 Å². The van der Waals surface area contributed by atoms with Crippen LogP contribution in [0.3, 0.4) is 0 Å². The molecule has 1 aliphatic heterocycles. The summed E-state index contributed by atoms with van der Waals surface area (Å²) >= 11 is 0. The summed E-state index contributed by atoms with van der Waals surface area (Å²) in [5.41, 5.74) is 2.52. The number of carbonyl (C=O) groups excluding carboxylic acids is 1. The van der Waals surface area contributed by atoms with Crippen molar-refractivity contribution in [1.29, 1.82) is 0 Å². The second-order valence-electron chi connectivity index (χ2n) is 5.77. The largest absolute Gasteiger partial charge is 0.481 e. The van der Waals surface area contributed by atoms with Crippen LogP contribution in [-0.4, -0.2) is 53.5 Å². The summed E-state index contributed by atoms with van der Waals surface area (Å²) in [6, 6.07) is 8.19. The SMILES string of the molecule is CC(CN(C)CC(=O)N1CCc2ccccc2C1)C(=O)O. The van der Waals surface area contributed by atoms with Crippen molar-refractivity contribution in [2.24, 2.45) is 5.92 Å². The van der Waals surface area contributed by atoms with Gasteiger partial charge < -0.3 is 10.0 Å². The lowest BCUT2D eigenvalue weighted by Gasteiger charge is -2.30. The third-order valence-corrected chi connectivity index (χ3v) is 3.90. The summed E-state index contributed by atoms with van der Waals surface area (Å²) in [6.45, 7) is 3.68. The molecule has 0 fully saturated rings. The zero-order chi connectivity index (χ0) is 15.4. The number of hydrogen-bond donors (Lipinski definition) is 1. The number of nitrogens with zero attached hydrogens (tertiary/aromatic N) is 2. The number of carbonyl (C=O) groups is 2. The molecule has 2 rings (SSSR count). The van der Waals surface area contributed by atoms with Crippen LogP contribution >= 0.6 is 0 Å². The van der Waals surface area contributed by atoms with Crippen LogP contribution in [0, 0.1) is 5.92 Å². The van der Waals surface area contributed by atoms with E-state index in [-0.39, 0.29) is 12.5 Å². The van der Waals surface area contributed by atoms with Crippen molar-refractivity contribution in [3.05, 3.63) is 35.4 Å². The molecular formula is C16H22N2O3. The van der Waals surface area contributed by atoms with E-state index in [1.54, 1.807) is 18.9 Å². The molecule has 1 atom stereocenters. The molecule has 0 saturated heterocycles. The number of aliphatic carboxylic acids is 1. The Kier molecular flexibility index (Phi) is 4.96. The molecule has 1 unspecified atom stereocenters. The van der Waals surface area contributed by atoms with Gasteiger partial charge in [0.25, 0.3) is 0 Å². The summed E-state index contributed by atoms with van der Waals surface area (Å²) in [4.78, 5) is 26.8. The zero-order valence-corrected chi connectivity index (χ0v) is 12.6. The number of benzene rings is 1. The molecular weight excluding hydrogens is 268 g/mol. The van der Waals surface area contributed by atoms with Crippen molar-refractivity contribution in [2.45, 2.75) is 19.9 Å². The van der Waals surface area contributed by atoms with E-state index in [0.29, 0.717) is 13.1 Å². The van der Waals surface area contributed by atoms with E-state index in [4.69, 9.17) is 5.11 Å². The molecule has 1 amide bonds. The van der Waals surface area contributed by atoms with E-state index in [9.17, 15) is 9.59 Å². The lowest BCUT2D eigenvalue weighted by Crippen LogP contribution is -2.43. The third-order valence-electron chi connectivity index (χ3n) is 3.90. The van der Waals surface area contributed by atoms with Gasteiger partial charge in [0.15, 0.2) is 0 Å². The maximum absolute atomic E-state index is 12.3. The second-order valence-corrected chi connectivity index (χ2v) is 5.77. The van der Waals surface area contributed by atoms with E-state index in [0.717, 1.165) is 13.0 Å². The summed E-state index contributed by atoms with van der Waals surface area (Å²) < 4.78 is 0. The molecule has 0 aliphatic carbocycles. The summed E-state index contributed by atoms with van der Waals surface area (Å²) in [5, 5.41) is 8.90. The topological polar surface area (TPSA) is 60.9 Å². The molecule has 1 aromatic rings. The van der Waals surface area contributed by atoms with Gasteiger partial charge >= 0.3 is 5.97 Å². The Morgan fingerprint density at radius 1 is 1.33 bits per heavy atom. The number of hydrogen-bond acceptors (Lipinski definition) is 3. The highest BCUT2D eigenvalue weighted by molar-refractivity contribution is 5.78. The number of carboxylic acids is 1. The van der Waals surface area contributed by atoms with Crippen molar-refractivity contribution in [3.8, 4) is 0 Å². The predicted octanol–water partition coefficient (Wildman–Crippen LogP) is 1.22. The van der Waals surface area contributed by atoms with Gasteiger partial charge in [-0.2, -0.15) is 0 Å². The Labute approximate surface area is 125 Å². The lowest BCUT2D eigenvalue weighted by molar-refractivity contribution is -0.142. The summed E-state index contributed by atoms with van der Waals surface area (Å²) in [6.07, 6.45) is 0.886. The van der Waals surface area contributed by atoms with Crippen molar-refractivity contribution < 1.29 is 14.7 Å². The second kappa shape index (κ2) is 6.72. The van der Waals surface area contributed by atoms with Crippen LogP contribution in [0.1, 0.15) is 18.1 Å². The van der Waals surface area contributed by atoms with Crippen LogP contribution in [0.15, 0.2) is 24.3 Å². The summed E-state index contributed by atoms with van der Waals surface area (Å²) in [7, 11) is 1.79. The minimum absolute atomic E-state index is 0.0598. The van der Waals surface area contributed by atoms with Gasteiger partial charge in [-0.1, -0.05) is 31.2 Å². The molecule has 1 aromatic carbocycles. The van der Waals surface area contributed by atoms with Gasteiger partial charge in [-0.3, -0.25) is 14.5 Å². The van der Waals surface area contributed by atoms with E-state index < -0.39 is 11.9 Å². The first-order chi connectivity index (χ1) is 9.97. The molecule has 0 radical (unpaired) electrons. The molecule has 5 nitrogen and oxygen atoms in total. The van der Waals surface area contributed by atoms with E-state index >= 15 is 0 Å². The number of likely N-dealkylation sites (N-methyl/N-ethyl adjacent to an activating group) is 1. The van der Waals surface area contributed by atoms with Crippen LogP contribution in [0.5, 0.6) is 0 Å². The first-order valence-electron chi connectivity index (χ1n) is 7.23. The maximum Gasteiger partial charge on any atom is 0.307 e. The smallest absolute Gasteiger partial charge is 0.307 e. The van der Waals surface area contributed by atoms with Crippen LogP contribution in [0.4, 0.5) is 0 Å². The van der Waals surface area contributed by atoms with Gasteiger partial charge in [0.2, 0.25) is 5.91 Å². The first-order valence-corrected chi connectivity index (χ1v) is 7.23. The molecule has 0 saturated carbocycles. The van der Waals surface area contributed by atoms with Crippen LogP contribution in [0.25, 0.3) is 0 Å². The third kappa shape index (κ3) is 4.04. The number of carboxylic acid groups (broad SMARTS) is 1. The van der Waals surface area contributed by atoms with Crippen LogP contribution in [0.2, 0.25) is 0 Å². The minimum atomic E-state index is -0.832. The number of rotatable bonds is 5. The first kappa shape index (κ1) is 15.5. The van der Waals surface area contributed by atoms with Crippen molar-refractivity contribution >= 4 is 11.9 Å². The van der Waals surface area contributed by atoms with E-state index in [2.05, 4.69) is 12.1 Å². The average Bonchev–Trinajstić information content (AvgIpc) is 2.46. The van der Waals surface area contributed by atoms with E-state index in [1.807, 2.05) is 17.0 Å². The Hall–Kier alpha value is -1.88. The number of amides is 1. The minimum Gasteiger partial charge on any atom is -0.481 e. The normalized spacial score (nSPS) is 15.7.